The molecule has 0 radical (unpaired) electrons. The quantitative estimate of drug-likeness (QED) is 0.512. The minimum Gasteiger partial charge on any atom is -0.454 e. The molecule has 29 heavy (non-hydrogen) atoms. The van der Waals surface area contributed by atoms with Gasteiger partial charge in [0.15, 0.2) is 6.10 Å². The molecular weight excluding hydrogens is 410 g/mol. The summed E-state index contributed by atoms with van der Waals surface area (Å²) in [5.74, 6) is -1.37. The van der Waals surface area contributed by atoms with E-state index in [2.05, 4.69) is 0 Å². The molecule has 3 rings (SSSR count). The smallest absolute Gasteiger partial charge is 0.310 e. The van der Waals surface area contributed by atoms with Gasteiger partial charge in [0.25, 0.3) is 10.0 Å². The van der Waals surface area contributed by atoms with Crippen molar-refractivity contribution in [2.45, 2.75) is 43.9 Å². The van der Waals surface area contributed by atoms with Crippen LogP contribution in [0.3, 0.4) is 0 Å². The molecular formula is C21H25NO5S2. The minimum absolute atomic E-state index is 0.0730. The summed E-state index contributed by atoms with van der Waals surface area (Å²) in [7, 11) is -3.60. The molecule has 2 aromatic rings. The van der Waals surface area contributed by atoms with Gasteiger partial charge in [-0.3, -0.25) is 9.59 Å². The number of ketones is 1. The Kier molecular flexibility index (Phi) is 6.55. The van der Waals surface area contributed by atoms with Crippen LogP contribution in [-0.2, 0) is 19.6 Å². The van der Waals surface area contributed by atoms with Crippen molar-refractivity contribution in [1.29, 1.82) is 0 Å². The van der Waals surface area contributed by atoms with E-state index in [1.54, 1.807) is 36.6 Å². The molecule has 0 spiro atoms. The second-order valence-electron chi connectivity index (χ2n) is 7.38. The minimum atomic E-state index is -3.60. The Balaban J connectivity index is 1.65. The first-order chi connectivity index (χ1) is 13.7. The molecule has 0 amide bonds. The van der Waals surface area contributed by atoms with Crippen LogP contribution in [0.15, 0.2) is 39.9 Å². The number of benzene rings is 1. The Morgan fingerprint density at radius 1 is 1.21 bits per heavy atom. The lowest BCUT2D eigenvalue weighted by atomic mass is 9.99. The number of rotatable bonds is 6. The van der Waals surface area contributed by atoms with Gasteiger partial charge in [-0.15, -0.1) is 11.3 Å². The summed E-state index contributed by atoms with van der Waals surface area (Å²) in [6.45, 7) is 5.89. The van der Waals surface area contributed by atoms with Gasteiger partial charge in [0.2, 0.25) is 5.78 Å². The molecule has 1 aromatic heterocycles. The standard InChI is InChI=1S/C21H25NO5S2/c1-14-8-9-17(12-15(14)2)20(23)16(3)27-21(24)18-6-4-10-22(13-18)29(25,26)19-7-5-11-28-19/h5,7-9,11-12,16,18H,4,6,10,13H2,1-3H3/t16-,18+/m0/s1. The molecule has 0 N–H and O–H groups in total. The maximum absolute atomic E-state index is 12.7. The molecule has 1 saturated heterocycles. The monoisotopic (exact) mass is 435 g/mol. The highest BCUT2D eigenvalue weighted by atomic mass is 32.2. The molecule has 1 aliphatic rings. The summed E-state index contributed by atoms with van der Waals surface area (Å²) in [5.41, 5.74) is 2.58. The van der Waals surface area contributed by atoms with Crippen LogP contribution in [0.25, 0.3) is 0 Å². The second-order valence-corrected chi connectivity index (χ2v) is 10.5. The summed E-state index contributed by atoms with van der Waals surface area (Å²) in [5, 5.41) is 1.71. The number of esters is 1. The van der Waals surface area contributed by atoms with Crippen LogP contribution in [-0.4, -0.2) is 43.7 Å². The number of piperidine rings is 1. The number of ether oxygens (including phenoxy) is 1. The van der Waals surface area contributed by atoms with Crippen molar-refractivity contribution in [1.82, 2.24) is 4.31 Å². The van der Waals surface area contributed by atoms with Crippen LogP contribution in [0.4, 0.5) is 0 Å². The van der Waals surface area contributed by atoms with Crippen molar-refractivity contribution in [2.24, 2.45) is 5.92 Å². The average Bonchev–Trinajstić information content (AvgIpc) is 3.25. The van der Waals surface area contributed by atoms with E-state index in [0.29, 0.717) is 24.9 Å². The number of carbonyl (C=O) groups excluding carboxylic acids is 2. The van der Waals surface area contributed by atoms with Crippen molar-refractivity contribution in [3.63, 3.8) is 0 Å². The fourth-order valence-corrected chi connectivity index (χ4v) is 6.01. The third-order valence-electron chi connectivity index (χ3n) is 5.26. The van der Waals surface area contributed by atoms with E-state index in [4.69, 9.17) is 4.74 Å². The van der Waals surface area contributed by atoms with E-state index in [1.807, 2.05) is 19.9 Å². The number of hydrogen-bond acceptors (Lipinski definition) is 6. The Bertz CT molecular complexity index is 998. The highest BCUT2D eigenvalue weighted by Gasteiger charge is 2.35. The zero-order valence-electron chi connectivity index (χ0n) is 16.8. The van der Waals surface area contributed by atoms with Gasteiger partial charge < -0.3 is 4.74 Å². The maximum atomic E-state index is 12.7. The topological polar surface area (TPSA) is 80.8 Å². The highest BCUT2D eigenvalue weighted by molar-refractivity contribution is 7.91. The molecule has 6 nitrogen and oxygen atoms in total. The summed E-state index contributed by atoms with van der Waals surface area (Å²) in [4.78, 5) is 25.3. The third-order valence-corrected chi connectivity index (χ3v) is 8.50. The van der Waals surface area contributed by atoms with Gasteiger partial charge >= 0.3 is 5.97 Å². The van der Waals surface area contributed by atoms with Crippen LogP contribution < -0.4 is 0 Å². The fourth-order valence-electron chi connectivity index (χ4n) is 3.34. The Morgan fingerprint density at radius 3 is 2.62 bits per heavy atom. The molecule has 0 aliphatic carbocycles. The van der Waals surface area contributed by atoms with Crippen molar-refractivity contribution in [3.05, 3.63) is 52.4 Å². The summed E-state index contributed by atoms with van der Waals surface area (Å²) < 4.78 is 32.5. The van der Waals surface area contributed by atoms with E-state index < -0.39 is 28.0 Å². The lowest BCUT2D eigenvalue weighted by Gasteiger charge is -2.30. The third kappa shape index (κ3) is 4.76. The van der Waals surface area contributed by atoms with Crippen LogP contribution >= 0.6 is 11.3 Å². The molecule has 156 valence electrons. The predicted octanol–water partition coefficient (Wildman–Crippen LogP) is 3.58. The van der Waals surface area contributed by atoms with Crippen molar-refractivity contribution < 1.29 is 22.7 Å². The Morgan fingerprint density at radius 2 is 1.97 bits per heavy atom. The first-order valence-corrected chi connectivity index (χ1v) is 11.9. The van der Waals surface area contributed by atoms with Gasteiger partial charge in [-0.05, 0) is 62.3 Å². The molecule has 1 aliphatic heterocycles. The number of carbonyl (C=O) groups is 2. The lowest BCUT2D eigenvalue weighted by Crippen LogP contribution is -2.43. The molecule has 1 fully saturated rings. The van der Waals surface area contributed by atoms with Gasteiger partial charge in [0.05, 0.1) is 5.92 Å². The second kappa shape index (κ2) is 8.77. The summed E-state index contributed by atoms with van der Waals surface area (Å²) >= 11 is 1.16. The largest absolute Gasteiger partial charge is 0.454 e. The van der Waals surface area contributed by atoms with Gasteiger partial charge in [0.1, 0.15) is 4.21 Å². The van der Waals surface area contributed by atoms with Gasteiger partial charge in [-0.25, -0.2) is 8.42 Å². The van der Waals surface area contributed by atoms with E-state index in [9.17, 15) is 18.0 Å². The molecule has 8 heteroatoms. The SMILES string of the molecule is Cc1ccc(C(=O)[C@H](C)OC(=O)[C@@H]2CCCN(S(=O)(=O)c3cccs3)C2)cc1C. The van der Waals surface area contributed by atoms with Gasteiger partial charge in [-0.1, -0.05) is 18.2 Å². The van der Waals surface area contributed by atoms with Crippen LogP contribution in [0.5, 0.6) is 0 Å². The van der Waals surface area contributed by atoms with Crippen LogP contribution in [0.1, 0.15) is 41.3 Å². The van der Waals surface area contributed by atoms with Crippen molar-refractivity contribution in [2.75, 3.05) is 13.1 Å². The maximum Gasteiger partial charge on any atom is 0.310 e. The number of aryl methyl sites for hydroxylation is 2. The zero-order chi connectivity index (χ0) is 21.2. The molecule has 2 heterocycles. The molecule has 0 unspecified atom stereocenters. The normalized spacial score (nSPS) is 18.9. The van der Waals surface area contributed by atoms with Crippen LogP contribution in [0.2, 0.25) is 0 Å². The highest BCUT2D eigenvalue weighted by Crippen LogP contribution is 2.27. The number of sulfonamides is 1. The Labute approximate surface area is 175 Å². The first kappa shape index (κ1) is 21.7. The van der Waals surface area contributed by atoms with Gasteiger partial charge in [-0.2, -0.15) is 4.31 Å². The molecule has 2 atom stereocenters. The van der Waals surface area contributed by atoms with E-state index in [-0.39, 0.29) is 16.5 Å². The predicted molar refractivity (Wildman–Crippen MR) is 112 cm³/mol. The molecule has 0 bridgehead atoms. The number of thiophene rings is 1. The number of nitrogens with zero attached hydrogens (tertiary/aromatic N) is 1. The van der Waals surface area contributed by atoms with Crippen molar-refractivity contribution in [3.8, 4) is 0 Å². The number of hydrogen-bond donors (Lipinski definition) is 0. The fraction of sp³-hybridized carbons (Fsp3) is 0.429. The molecule has 0 saturated carbocycles. The first-order valence-electron chi connectivity index (χ1n) is 9.55. The summed E-state index contributed by atoms with van der Waals surface area (Å²) in [6.07, 6.45) is 0.192. The van der Waals surface area contributed by atoms with Crippen molar-refractivity contribution >= 4 is 33.1 Å². The van der Waals surface area contributed by atoms with E-state index in [0.717, 1.165) is 22.5 Å². The van der Waals surface area contributed by atoms with E-state index in [1.165, 1.54) is 4.31 Å². The molecule has 1 aromatic carbocycles. The summed E-state index contributed by atoms with van der Waals surface area (Å²) in [6, 6.07) is 8.63. The van der Waals surface area contributed by atoms with E-state index >= 15 is 0 Å². The van der Waals surface area contributed by atoms with Gasteiger partial charge in [0, 0.05) is 18.7 Å². The van der Waals surface area contributed by atoms with Crippen LogP contribution in [0, 0.1) is 19.8 Å². The Hall–Kier alpha value is -2.03. The lowest BCUT2D eigenvalue weighted by molar-refractivity contribution is -0.152. The average molecular weight is 436 g/mol. The zero-order valence-corrected chi connectivity index (χ0v) is 18.4. The number of Topliss-reactive ketones (excluding diaryl/α,β-unsaturated/α-hetero) is 1.